The Hall–Kier alpha value is -1.73. The second-order valence-electron chi connectivity index (χ2n) is 3.69. The van der Waals surface area contributed by atoms with E-state index in [1.807, 2.05) is 0 Å². The Labute approximate surface area is 116 Å². The molecule has 0 saturated heterocycles. The molecule has 0 saturated carbocycles. The lowest BCUT2D eigenvalue weighted by Crippen LogP contribution is -1.96. The van der Waals surface area contributed by atoms with Gasteiger partial charge in [-0.25, -0.2) is 0 Å². The van der Waals surface area contributed by atoms with Crippen LogP contribution in [0.15, 0.2) is 33.6 Å². The first kappa shape index (κ1) is 13.7. The van der Waals surface area contributed by atoms with E-state index in [0.717, 1.165) is 5.56 Å². The second-order valence-corrected chi connectivity index (χ2v) is 5.05. The molecule has 8 heteroatoms. The molecule has 0 aliphatic carbocycles. The number of hydrogen-bond acceptors (Lipinski definition) is 5. The van der Waals surface area contributed by atoms with Crippen molar-refractivity contribution in [3.8, 4) is 0 Å². The number of thioether (sulfide) groups is 1. The number of benzene rings is 1. The van der Waals surface area contributed by atoms with Gasteiger partial charge in [-0.3, -0.25) is 14.9 Å². The number of halogens is 1. The number of non-ortho nitro benzene ring substituents is 1. The van der Waals surface area contributed by atoms with Crippen LogP contribution in [0.25, 0.3) is 0 Å². The van der Waals surface area contributed by atoms with E-state index in [1.54, 1.807) is 12.1 Å². The standard InChI is InChI=1S/C11H9ClN2O4S/c12-10-9(18-13-11(10)15)6-19-5-7-1-3-8(4-2-7)14(16)17/h1-4H,5-6H2,(H,13,15). The fraction of sp³-hybridized carbons (Fsp3) is 0.182. The topological polar surface area (TPSA) is 89.1 Å². The van der Waals surface area contributed by atoms with Crippen molar-refractivity contribution in [2.24, 2.45) is 0 Å². The predicted molar refractivity (Wildman–Crippen MR) is 72.4 cm³/mol. The van der Waals surface area contributed by atoms with Gasteiger partial charge in [-0.15, -0.1) is 11.8 Å². The van der Waals surface area contributed by atoms with Crippen LogP contribution in [0, 0.1) is 10.1 Å². The summed E-state index contributed by atoms with van der Waals surface area (Å²) in [6.45, 7) is 0. The van der Waals surface area contributed by atoms with Gasteiger partial charge in [-0.2, -0.15) is 5.16 Å². The zero-order valence-corrected chi connectivity index (χ0v) is 11.2. The summed E-state index contributed by atoms with van der Waals surface area (Å²) in [5, 5.41) is 12.7. The van der Waals surface area contributed by atoms with E-state index in [-0.39, 0.29) is 10.7 Å². The Morgan fingerprint density at radius 3 is 2.53 bits per heavy atom. The number of nitro groups is 1. The zero-order valence-electron chi connectivity index (χ0n) is 9.59. The van der Waals surface area contributed by atoms with Crippen molar-refractivity contribution in [2.45, 2.75) is 11.5 Å². The molecule has 2 aromatic rings. The number of aromatic nitrogens is 1. The summed E-state index contributed by atoms with van der Waals surface area (Å²) in [5.41, 5.74) is 0.575. The Morgan fingerprint density at radius 2 is 2.00 bits per heavy atom. The minimum absolute atomic E-state index is 0.0634. The third-order valence-corrected chi connectivity index (χ3v) is 3.75. The van der Waals surface area contributed by atoms with Gasteiger partial charge in [-0.05, 0) is 5.56 Å². The van der Waals surface area contributed by atoms with Crippen LogP contribution in [0.4, 0.5) is 5.69 Å². The fourth-order valence-electron chi connectivity index (χ4n) is 1.39. The zero-order chi connectivity index (χ0) is 13.8. The molecule has 0 amide bonds. The number of rotatable bonds is 5. The maximum Gasteiger partial charge on any atom is 0.298 e. The molecule has 1 N–H and O–H groups in total. The molecule has 0 fully saturated rings. The highest BCUT2D eigenvalue weighted by Crippen LogP contribution is 2.22. The smallest absolute Gasteiger partial charge is 0.298 e. The Morgan fingerprint density at radius 1 is 1.32 bits per heavy atom. The third kappa shape index (κ3) is 3.39. The number of nitrogens with zero attached hydrogens (tertiary/aromatic N) is 1. The summed E-state index contributed by atoms with van der Waals surface area (Å²) in [6, 6.07) is 6.30. The highest BCUT2D eigenvalue weighted by molar-refractivity contribution is 7.97. The van der Waals surface area contributed by atoms with Crippen LogP contribution in [0.2, 0.25) is 5.02 Å². The van der Waals surface area contributed by atoms with Crippen LogP contribution in [-0.4, -0.2) is 10.1 Å². The van der Waals surface area contributed by atoms with E-state index in [0.29, 0.717) is 17.3 Å². The maximum atomic E-state index is 11.0. The molecule has 0 spiro atoms. The first-order chi connectivity index (χ1) is 9.08. The van der Waals surface area contributed by atoms with Crippen molar-refractivity contribution in [2.75, 3.05) is 0 Å². The van der Waals surface area contributed by atoms with Gasteiger partial charge in [0.15, 0.2) is 10.8 Å². The summed E-state index contributed by atoms with van der Waals surface area (Å²) in [6.07, 6.45) is 0. The van der Waals surface area contributed by atoms with Crippen LogP contribution in [0.3, 0.4) is 0 Å². The molecule has 0 bridgehead atoms. The molecular formula is C11H9ClN2O4S. The molecule has 1 aromatic carbocycles. The van der Waals surface area contributed by atoms with Crippen LogP contribution in [-0.2, 0) is 11.5 Å². The van der Waals surface area contributed by atoms with Gasteiger partial charge in [0.1, 0.15) is 0 Å². The fourth-order valence-corrected chi connectivity index (χ4v) is 2.53. The van der Waals surface area contributed by atoms with Crippen molar-refractivity contribution in [1.82, 2.24) is 5.16 Å². The molecule has 6 nitrogen and oxygen atoms in total. The molecule has 0 aliphatic heterocycles. The van der Waals surface area contributed by atoms with Crippen molar-refractivity contribution in [3.05, 3.63) is 61.1 Å². The minimum Gasteiger partial charge on any atom is -0.381 e. The SMILES string of the molecule is O=c1[nH]oc(CSCc2ccc([N+](=O)[O-])cc2)c1Cl. The quantitative estimate of drug-likeness (QED) is 0.677. The van der Waals surface area contributed by atoms with Crippen LogP contribution in [0.1, 0.15) is 11.3 Å². The van der Waals surface area contributed by atoms with Gasteiger partial charge < -0.3 is 4.52 Å². The van der Waals surface area contributed by atoms with Crippen LogP contribution in [0.5, 0.6) is 0 Å². The molecule has 100 valence electrons. The minimum atomic E-state index is -0.439. The van der Waals surface area contributed by atoms with Crippen molar-refractivity contribution >= 4 is 29.1 Å². The predicted octanol–water partition coefficient (Wildman–Crippen LogP) is 2.96. The normalized spacial score (nSPS) is 10.6. The van der Waals surface area contributed by atoms with E-state index >= 15 is 0 Å². The summed E-state index contributed by atoms with van der Waals surface area (Å²) >= 11 is 7.21. The largest absolute Gasteiger partial charge is 0.381 e. The second kappa shape index (κ2) is 5.94. The Kier molecular flexibility index (Phi) is 4.28. The Bertz CT molecular complexity index is 635. The van der Waals surface area contributed by atoms with E-state index in [4.69, 9.17) is 16.1 Å². The van der Waals surface area contributed by atoms with Crippen LogP contribution < -0.4 is 5.56 Å². The third-order valence-electron chi connectivity index (χ3n) is 2.36. The van der Waals surface area contributed by atoms with Crippen molar-refractivity contribution in [1.29, 1.82) is 0 Å². The number of nitrogens with one attached hydrogen (secondary N) is 1. The molecule has 19 heavy (non-hydrogen) atoms. The number of hydrogen-bond donors (Lipinski definition) is 1. The van der Waals surface area contributed by atoms with E-state index < -0.39 is 10.5 Å². The molecule has 0 aliphatic rings. The van der Waals surface area contributed by atoms with Gasteiger partial charge >= 0.3 is 0 Å². The molecule has 2 rings (SSSR count). The van der Waals surface area contributed by atoms with Gasteiger partial charge in [0, 0.05) is 17.9 Å². The Balaban J connectivity index is 1.91. The van der Waals surface area contributed by atoms with Gasteiger partial charge in [-0.1, -0.05) is 23.7 Å². The molecule has 1 heterocycles. The summed E-state index contributed by atoms with van der Waals surface area (Å²) in [4.78, 5) is 21.1. The number of H-pyrrole nitrogens is 1. The van der Waals surface area contributed by atoms with Gasteiger partial charge in [0.2, 0.25) is 0 Å². The lowest BCUT2D eigenvalue weighted by Gasteiger charge is -2.00. The van der Waals surface area contributed by atoms with Crippen LogP contribution >= 0.6 is 23.4 Å². The monoisotopic (exact) mass is 300 g/mol. The molecule has 0 atom stereocenters. The van der Waals surface area contributed by atoms with E-state index in [9.17, 15) is 14.9 Å². The lowest BCUT2D eigenvalue weighted by molar-refractivity contribution is -0.384. The van der Waals surface area contributed by atoms with Gasteiger partial charge in [0.25, 0.3) is 11.2 Å². The van der Waals surface area contributed by atoms with Crippen molar-refractivity contribution < 1.29 is 9.45 Å². The first-order valence-corrected chi connectivity index (χ1v) is 6.78. The number of nitro benzene ring substituents is 1. The van der Waals surface area contributed by atoms with E-state index in [2.05, 4.69) is 5.16 Å². The summed E-state index contributed by atoms with van der Waals surface area (Å²) in [5.74, 6) is 1.50. The lowest BCUT2D eigenvalue weighted by atomic mass is 10.2. The van der Waals surface area contributed by atoms with E-state index in [1.165, 1.54) is 23.9 Å². The van der Waals surface area contributed by atoms with Gasteiger partial charge in [0.05, 0.1) is 10.7 Å². The maximum absolute atomic E-state index is 11.0. The molecule has 0 radical (unpaired) electrons. The van der Waals surface area contributed by atoms with Crippen molar-refractivity contribution in [3.63, 3.8) is 0 Å². The highest BCUT2D eigenvalue weighted by atomic mass is 35.5. The molecule has 0 unspecified atom stereocenters. The first-order valence-electron chi connectivity index (χ1n) is 5.25. The summed E-state index contributed by atoms with van der Waals surface area (Å²) in [7, 11) is 0. The average molecular weight is 301 g/mol. The molecular weight excluding hydrogens is 292 g/mol. The summed E-state index contributed by atoms with van der Waals surface area (Å²) < 4.78 is 4.90. The molecule has 1 aromatic heterocycles. The average Bonchev–Trinajstić information content (AvgIpc) is 2.71. The number of aromatic amines is 1. The highest BCUT2D eigenvalue weighted by Gasteiger charge is 2.10.